The Morgan fingerprint density at radius 3 is 2.75 bits per heavy atom. The first-order chi connectivity index (χ1) is 15.5. The van der Waals surface area contributed by atoms with Crippen LogP contribution in [0.3, 0.4) is 0 Å². The first-order valence-corrected chi connectivity index (χ1v) is 9.80. The van der Waals surface area contributed by atoms with Gasteiger partial charge in [0, 0.05) is 11.2 Å². The van der Waals surface area contributed by atoms with E-state index in [1.54, 1.807) is 54.6 Å². The molecule has 0 aliphatic carbocycles. The fourth-order valence-electron chi connectivity index (χ4n) is 2.87. The number of nitrogens with one attached hydrogen (secondary N) is 1. The summed E-state index contributed by atoms with van der Waals surface area (Å²) in [6, 6.07) is 16.7. The fourth-order valence-corrected chi connectivity index (χ4v) is 2.99. The summed E-state index contributed by atoms with van der Waals surface area (Å²) in [5.41, 5.74) is -0.480. The first-order valence-electron chi connectivity index (χ1n) is 9.42. The summed E-state index contributed by atoms with van der Waals surface area (Å²) in [5.74, 6) is 0.195. The third-order valence-electron chi connectivity index (χ3n) is 4.42. The molecule has 32 heavy (non-hydrogen) atoms. The molecule has 3 heterocycles. The summed E-state index contributed by atoms with van der Waals surface area (Å²) >= 11 is 5.92. The van der Waals surface area contributed by atoms with Crippen LogP contribution in [0.15, 0.2) is 81.8 Å². The molecule has 3 aromatic heterocycles. The van der Waals surface area contributed by atoms with Crippen molar-refractivity contribution in [3.05, 3.63) is 99.3 Å². The number of ether oxygens (including phenoxy) is 1. The molecule has 0 radical (unpaired) electrons. The van der Waals surface area contributed by atoms with Crippen LogP contribution in [-0.2, 0) is 11.3 Å². The van der Waals surface area contributed by atoms with E-state index in [0.717, 1.165) is 6.08 Å². The van der Waals surface area contributed by atoms with Crippen LogP contribution < -0.4 is 15.6 Å². The van der Waals surface area contributed by atoms with Gasteiger partial charge in [-0.1, -0.05) is 17.7 Å². The molecule has 9 heteroatoms. The van der Waals surface area contributed by atoms with Gasteiger partial charge in [-0.25, -0.2) is 0 Å². The Kier molecular flexibility index (Phi) is 6.01. The van der Waals surface area contributed by atoms with E-state index in [-0.39, 0.29) is 23.6 Å². The number of pyridine rings is 1. The molecule has 8 nitrogen and oxygen atoms in total. The summed E-state index contributed by atoms with van der Waals surface area (Å²) in [4.78, 5) is 30.1. The number of carbonyl (C=O) groups excluding carboxylic acids is 1. The number of aromatic nitrogens is 2. The number of amides is 1. The maximum absolute atomic E-state index is 13.1. The van der Waals surface area contributed by atoms with Crippen LogP contribution in [0.5, 0.6) is 11.6 Å². The Hall–Kier alpha value is -4.35. The van der Waals surface area contributed by atoms with Crippen LogP contribution in [-0.4, -0.2) is 15.3 Å². The number of rotatable bonds is 6. The van der Waals surface area contributed by atoms with Crippen LogP contribution in [0.4, 0.5) is 0 Å². The molecular weight excluding hydrogens is 432 g/mol. The predicted molar refractivity (Wildman–Crippen MR) is 117 cm³/mol. The third kappa shape index (κ3) is 4.53. The molecule has 0 unspecified atom stereocenters. The van der Waals surface area contributed by atoms with Crippen LogP contribution in [0.25, 0.3) is 11.7 Å². The lowest BCUT2D eigenvalue weighted by Gasteiger charge is -2.10. The normalized spacial score (nSPS) is 11.2. The molecule has 158 valence electrons. The molecule has 0 aliphatic heterocycles. The smallest absolute Gasteiger partial charge is 0.269 e. The zero-order chi connectivity index (χ0) is 22.5. The molecule has 0 aliphatic rings. The predicted octanol–water partition coefficient (Wildman–Crippen LogP) is 3.96. The van der Waals surface area contributed by atoms with Crippen molar-refractivity contribution in [3.63, 3.8) is 0 Å². The van der Waals surface area contributed by atoms with Crippen molar-refractivity contribution in [1.29, 1.82) is 5.26 Å². The minimum absolute atomic E-state index is 0.0462. The molecule has 1 N–H and O–H groups in total. The Morgan fingerprint density at radius 1 is 1.22 bits per heavy atom. The van der Waals surface area contributed by atoms with Gasteiger partial charge in [0.05, 0.1) is 12.8 Å². The van der Waals surface area contributed by atoms with Crippen molar-refractivity contribution in [2.45, 2.75) is 6.54 Å². The number of hydrogen-bond donors (Lipinski definition) is 1. The monoisotopic (exact) mass is 446 g/mol. The Labute approximate surface area is 187 Å². The van der Waals surface area contributed by atoms with Gasteiger partial charge >= 0.3 is 0 Å². The Balaban J connectivity index is 1.75. The Bertz CT molecular complexity index is 1400. The van der Waals surface area contributed by atoms with Crippen LogP contribution in [0.1, 0.15) is 11.3 Å². The second-order valence-corrected chi connectivity index (χ2v) is 6.99. The molecule has 4 rings (SSSR count). The van der Waals surface area contributed by atoms with Gasteiger partial charge in [-0.15, -0.1) is 0 Å². The largest absolute Gasteiger partial charge is 0.467 e. The molecule has 0 saturated carbocycles. The molecular formula is C23H15ClN4O4. The molecule has 0 bridgehead atoms. The van der Waals surface area contributed by atoms with Gasteiger partial charge in [0.1, 0.15) is 34.4 Å². The first kappa shape index (κ1) is 20.9. The van der Waals surface area contributed by atoms with Gasteiger partial charge in [-0.05, 0) is 54.6 Å². The molecule has 0 saturated heterocycles. The van der Waals surface area contributed by atoms with Gasteiger partial charge in [-0.3, -0.25) is 14.0 Å². The molecule has 4 aromatic rings. The number of furan rings is 1. The minimum Gasteiger partial charge on any atom is -0.467 e. The van der Waals surface area contributed by atoms with Crippen molar-refractivity contribution in [2.75, 3.05) is 0 Å². The molecule has 1 amide bonds. The second-order valence-electron chi connectivity index (χ2n) is 6.55. The third-order valence-corrected chi connectivity index (χ3v) is 4.67. The summed E-state index contributed by atoms with van der Waals surface area (Å²) < 4.78 is 12.3. The highest BCUT2D eigenvalue weighted by atomic mass is 35.5. The van der Waals surface area contributed by atoms with Crippen LogP contribution in [0, 0.1) is 11.3 Å². The molecule has 0 fully saturated rings. The number of hydrogen-bond acceptors (Lipinski definition) is 6. The summed E-state index contributed by atoms with van der Waals surface area (Å²) in [6.07, 6.45) is 4.18. The van der Waals surface area contributed by atoms with Crippen molar-refractivity contribution in [1.82, 2.24) is 14.7 Å². The van der Waals surface area contributed by atoms with Crippen molar-refractivity contribution in [2.24, 2.45) is 0 Å². The highest BCUT2D eigenvalue weighted by molar-refractivity contribution is 6.30. The van der Waals surface area contributed by atoms with Crippen LogP contribution in [0.2, 0.25) is 5.02 Å². The zero-order valence-corrected chi connectivity index (χ0v) is 17.2. The lowest BCUT2D eigenvalue weighted by Crippen LogP contribution is -2.24. The SMILES string of the molecule is N#CC(=Cc1c(Oc2ccc(Cl)cc2)nc2ccccn2c1=O)C(=O)NCc1ccco1. The number of halogens is 1. The van der Waals surface area contributed by atoms with Gasteiger partial charge in [0.2, 0.25) is 5.88 Å². The highest BCUT2D eigenvalue weighted by Gasteiger charge is 2.17. The summed E-state index contributed by atoms with van der Waals surface area (Å²) in [7, 11) is 0. The number of benzene rings is 1. The number of fused-ring (bicyclic) bond motifs is 1. The van der Waals surface area contributed by atoms with E-state index < -0.39 is 11.5 Å². The van der Waals surface area contributed by atoms with E-state index in [4.69, 9.17) is 20.8 Å². The lowest BCUT2D eigenvalue weighted by molar-refractivity contribution is -0.117. The average molecular weight is 447 g/mol. The maximum Gasteiger partial charge on any atom is 0.269 e. The zero-order valence-electron chi connectivity index (χ0n) is 16.5. The van der Waals surface area contributed by atoms with E-state index in [1.807, 2.05) is 6.07 Å². The second kappa shape index (κ2) is 9.20. The fraction of sp³-hybridized carbons (Fsp3) is 0.0435. The maximum atomic E-state index is 13.1. The Morgan fingerprint density at radius 2 is 2.03 bits per heavy atom. The molecule has 1 aromatic carbocycles. The van der Waals surface area contributed by atoms with E-state index in [0.29, 0.717) is 22.2 Å². The van der Waals surface area contributed by atoms with Crippen molar-refractivity contribution >= 4 is 29.2 Å². The van der Waals surface area contributed by atoms with Gasteiger partial charge < -0.3 is 14.5 Å². The van der Waals surface area contributed by atoms with E-state index in [2.05, 4.69) is 10.3 Å². The number of nitriles is 1. The standard InChI is InChI=1S/C23H15ClN4O4/c24-16-6-8-17(9-7-16)32-22-19(23(30)28-10-2-1-5-20(28)27-22)12-15(13-25)21(29)26-14-18-4-3-11-31-18/h1-12H,14H2,(H,26,29). The van der Waals surface area contributed by atoms with Crippen LogP contribution >= 0.6 is 11.6 Å². The summed E-state index contributed by atoms with van der Waals surface area (Å²) in [6.45, 7) is 0.0912. The highest BCUT2D eigenvalue weighted by Crippen LogP contribution is 2.25. The summed E-state index contributed by atoms with van der Waals surface area (Å²) in [5, 5.41) is 12.6. The van der Waals surface area contributed by atoms with Crippen molar-refractivity contribution in [3.8, 4) is 17.7 Å². The number of carbonyl (C=O) groups is 1. The molecule has 0 atom stereocenters. The topological polar surface area (TPSA) is 110 Å². The number of nitrogens with zero attached hydrogens (tertiary/aromatic N) is 3. The van der Waals surface area contributed by atoms with Gasteiger partial charge in [-0.2, -0.15) is 10.2 Å². The minimum atomic E-state index is -0.668. The van der Waals surface area contributed by atoms with E-state index in [1.165, 1.54) is 16.9 Å². The van der Waals surface area contributed by atoms with E-state index in [9.17, 15) is 14.9 Å². The van der Waals surface area contributed by atoms with Gasteiger partial charge in [0.25, 0.3) is 11.5 Å². The van der Waals surface area contributed by atoms with Crippen molar-refractivity contribution < 1.29 is 13.9 Å². The van der Waals surface area contributed by atoms with E-state index >= 15 is 0 Å². The average Bonchev–Trinajstić information content (AvgIpc) is 3.33. The quantitative estimate of drug-likeness (QED) is 0.354. The van der Waals surface area contributed by atoms with Gasteiger partial charge in [0.15, 0.2) is 0 Å². The lowest BCUT2D eigenvalue weighted by atomic mass is 10.1. The molecule has 0 spiro atoms.